The van der Waals surface area contributed by atoms with Crippen LogP contribution < -0.4 is 55.5 Å². The maximum Gasteiger partial charge on any atom is 0.213 e. The van der Waals surface area contributed by atoms with Gasteiger partial charge in [0.25, 0.3) is 0 Å². The van der Waals surface area contributed by atoms with Gasteiger partial charge in [0, 0.05) is 118 Å². The van der Waals surface area contributed by atoms with Crippen LogP contribution in [0.2, 0.25) is 0 Å². The number of para-hydroxylation sites is 5. The van der Waals surface area contributed by atoms with Gasteiger partial charge in [-0.25, -0.2) is 9.69 Å². The SMILES string of the molecule is C=C[C@H]1CN2CC[C@H]1C[C@H]2[C@H](O)c1ccnc2ccccc12.Cc1ccc(CBr)cc1.N#Cc1ccccc1CBr.[Br-].[Br-].[Br-].[C-]#[N+]c1ccccc1C[N+]12CC[C@@H](C[C@H]1[C@H](O)c1cc[n+](Cc3ccc(C)cc3)c3ccccc13)[C@@H](C=C)C2.[C-]#[N+]c1ccccc1C[N+]12CC[C@@H](C[C@H]1[C@H](O)c1ccnc3ccccc13)[C@@H](C=C)C2. The van der Waals surface area contributed by atoms with Gasteiger partial charge in [-0.05, 0) is 116 Å². The quantitative estimate of drug-likeness (QED) is 0.0272. The number of benzene rings is 8. The first-order valence-corrected chi connectivity index (χ1v) is 41.5. The molecule has 0 radical (unpaired) electrons. The Morgan fingerprint density at radius 2 is 0.974 bits per heavy atom. The maximum atomic E-state index is 12.2. The van der Waals surface area contributed by atoms with Crippen molar-refractivity contribution in [3.8, 4) is 6.07 Å². The molecule has 20 rings (SSSR count). The molecule has 3 aromatic heterocycles. The molecule has 9 aliphatic rings. The summed E-state index contributed by atoms with van der Waals surface area (Å²) < 4.78 is 3.92. The Labute approximate surface area is 722 Å². The third kappa shape index (κ3) is 19.7. The number of aliphatic hydroxyl groups excluding tert-OH is 3. The van der Waals surface area contributed by atoms with Crippen LogP contribution in [-0.4, -0.2) is 96.5 Å². The van der Waals surface area contributed by atoms with Gasteiger partial charge in [0.05, 0.1) is 86.6 Å². The molecule has 9 fully saturated rings. The van der Waals surface area contributed by atoms with Crippen LogP contribution in [0.3, 0.4) is 0 Å². The largest absolute Gasteiger partial charge is 1.00 e. The summed E-state index contributed by atoms with van der Waals surface area (Å²) in [4.78, 5) is 18.9. The number of nitriles is 1. The van der Waals surface area contributed by atoms with Gasteiger partial charge in [-0.3, -0.25) is 14.9 Å². The molecule has 8 aromatic carbocycles. The van der Waals surface area contributed by atoms with E-state index in [0.29, 0.717) is 35.5 Å². The molecule has 9 aliphatic heterocycles. The smallest absolute Gasteiger partial charge is 0.213 e. The summed E-state index contributed by atoms with van der Waals surface area (Å²) in [5.41, 5.74) is 16.6. The van der Waals surface area contributed by atoms with E-state index >= 15 is 0 Å². The molecule has 588 valence electrons. The second-order valence-corrected chi connectivity index (χ2v) is 32.5. The minimum absolute atomic E-state index is 0. The molecular weight excluding hydrogens is 1740 g/mol. The van der Waals surface area contributed by atoms with Gasteiger partial charge < -0.3 is 75.2 Å². The molecule has 114 heavy (non-hydrogen) atoms. The number of aliphatic hydroxyl groups is 3. The van der Waals surface area contributed by atoms with Crippen molar-refractivity contribution in [2.24, 2.45) is 35.5 Å². The van der Waals surface area contributed by atoms with Crippen LogP contribution in [0.4, 0.5) is 11.4 Å². The summed E-state index contributed by atoms with van der Waals surface area (Å²) in [7, 11) is 0. The second kappa shape index (κ2) is 41.1. The predicted molar refractivity (Wildman–Crippen MR) is 455 cm³/mol. The zero-order chi connectivity index (χ0) is 77.6. The van der Waals surface area contributed by atoms with E-state index < -0.39 is 18.3 Å². The van der Waals surface area contributed by atoms with Crippen LogP contribution in [0.5, 0.6) is 0 Å². The van der Waals surface area contributed by atoms with E-state index in [0.717, 1.165) is 194 Å². The zero-order valence-corrected chi connectivity index (χ0v) is 72.9. The summed E-state index contributed by atoms with van der Waals surface area (Å²) in [6, 6.07) is 73.9. The number of piperidine rings is 9. The fraction of sp³-hybridized carbons (Fsp3) is 0.320. The van der Waals surface area contributed by atoms with Gasteiger partial charge in [0.15, 0.2) is 24.1 Å². The molecule has 3 N–H and O–H groups in total. The molecule has 0 amide bonds. The number of alkyl halides is 2. The van der Waals surface area contributed by atoms with E-state index in [1.807, 2.05) is 122 Å². The van der Waals surface area contributed by atoms with E-state index in [2.05, 4.69) is 228 Å². The molecule has 9 saturated heterocycles. The standard InChI is InChI=1S/C35H37N3O.C27H28N3O.C19H22N2O.C8H6BrN.C8H9Br.3BrH/c1-4-27-23-38(24-29-9-5-7-11-32(29)36-3)20-18-28(27)21-34(38)35(39)31-17-19-37(33-12-8-6-10-30(31)33)22-26-15-13-25(2)14-16-26;1-3-19-17-30(18-21-8-4-6-10-24(21)28-2)15-13-20(19)16-26(30)27(31)23-12-14-29-25-11-7-5-9-22(23)25;1-2-13-12-21-10-8-14(13)11-18(21)19(22)16-7-9-20-17-6-4-3-5-15(16)17;9-5-7-3-1-2-4-8(7)6-10;1-7-2-4-8(6-9)5-3-7;;;/h4-17,19,27-28,34-35,39H,1,18,20-24H2,2H3;3-12,14,19-20,26-27,31H,1,13,15-18H2;2-7,9,13-14,18-19,22H,1,8,10-12H2;1-4H,5H2;2-5H,6H2,1H3;3*1H/q+2;+1;;;;;;/p-3/t27-,28-,34-,35+,38?;19-,20-,26-,27+,30?;13-,14-,18-,19+;;;;;/m000...../s1. The fourth-order valence-corrected chi connectivity index (χ4v) is 19.9. The van der Waals surface area contributed by atoms with Crippen LogP contribution in [-0.2, 0) is 30.3 Å². The molecule has 11 aromatic rings. The number of hydrogen-bond donors (Lipinski definition) is 3. The van der Waals surface area contributed by atoms with Gasteiger partial charge in [0.1, 0.15) is 24.3 Å². The Kier molecular flexibility index (Phi) is 31.8. The Hall–Kier alpha value is -8.16. The summed E-state index contributed by atoms with van der Waals surface area (Å²) in [5, 5.41) is 48.5. The van der Waals surface area contributed by atoms with E-state index in [-0.39, 0.29) is 69.1 Å². The third-order valence-electron chi connectivity index (χ3n) is 25.1. The number of pyridine rings is 3. The molecule has 12 nitrogen and oxygen atoms in total. The number of fused-ring (bicyclic) bond motifs is 12. The summed E-state index contributed by atoms with van der Waals surface area (Å²) >= 11 is 6.68. The van der Waals surface area contributed by atoms with Gasteiger partial charge in [-0.15, -0.1) is 19.7 Å². The average Bonchev–Trinajstić information content (AvgIpc) is 0.741. The average molecular weight is 1840 g/mol. The molecule has 6 bridgehead atoms. The first-order chi connectivity index (χ1) is 54.1. The van der Waals surface area contributed by atoms with Crippen LogP contribution in [0.25, 0.3) is 42.4 Å². The minimum Gasteiger partial charge on any atom is -1.00 e. The molecule has 3 unspecified atom stereocenters. The Morgan fingerprint density at radius 1 is 0.526 bits per heavy atom. The van der Waals surface area contributed by atoms with Crippen LogP contribution >= 0.6 is 31.9 Å². The molecule has 12 heterocycles. The lowest BCUT2D eigenvalue weighted by atomic mass is 9.71. The monoisotopic (exact) mass is 1840 g/mol. The van der Waals surface area contributed by atoms with E-state index in [4.69, 9.17) is 18.4 Å². The number of hydrogen-bond acceptors (Lipinski definition) is 7. The number of halogens is 5. The topological polar surface area (TPSA) is 126 Å². The Balaban J connectivity index is 0.000000163. The number of rotatable bonds is 17. The summed E-state index contributed by atoms with van der Waals surface area (Å²) in [6.07, 6.45) is 17.1. The fourth-order valence-electron chi connectivity index (χ4n) is 19.0. The summed E-state index contributed by atoms with van der Waals surface area (Å²) in [6.45, 7) is 40.3. The lowest BCUT2D eigenvalue weighted by Crippen LogP contribution is -3.00. The van der Waals surface area contributed by atoms with E-state index in [1.54, 1.807) is 0 Å². The van der Waals surface area contributed by atoms with Crippen molar-refractivity contribution in [3.63, 3.8) is 0 Å². The van der Waals surface area contributed by atoms with Crippen LogP contribution in [0.15, 0.2) is 269 Å². The third-order valence-corrected chi connectivity index (χ3v) is 26.4. The van der Waals surface area contributed by atoms with Crippen molar-refractivity contribution in [2.75, 3.05) is 39.3 Å². The Morgan fingerprint density at radius 3 is 1.45 bits per heavy atom. The molecule has 15 atom stereocenters. The lowest BCUT2D eigenvalue weighted by molar-refractivity contribution is -0.984. The number of nitrogens with zero attached hydrogens (tertiary/aromatic N) is 9. The van der Waals surface area contributed by atoms with Crippen molar-refractivity contribution >= 4 is 75.9 Å². The normalized spacial score (nSPS) is 23.9. The highest BCUT2D eigenvalue weighted by molar-refractivity contribution is 9.08. The lowest BCUT2D eigenvalue weighted by Gasteiger charge is -2.58. The van der Waals surface area contributed by atoms with Crippen molar-refractivity contribution in [1.29, 1.82) is 5.26 Å². The molecule has 17 heteroatoms. The van der Waals surface area contributed by atoms with Gasteiger partial charge in [0.2, 0.25) is 5.52 Å². The first kappa shape index (κ1) is 88.2. The molecular formula is C97H102Br5N9O3. The number of quaternary nitrogens is 2. The minimum atomic E-state index is -0.586. The Bertz CT molecular complexity index is 5210. The highest BCUT2D eigenvalue weighted by Gasteiger charge is 2.56. The highest BCUT2D eigenvalue weighted by Crippen LogP contribution is 2.51. The van der Waals surface area contributed by atoms with E-state index in [1.165, 1.54) is 28.7 Å². The first-order valence-electron chi connectivity index (χ1n) is 39.2. The summed E-state index contributed by atoms with van der Waals surface area (Å²) in [5.74, 6) is 3.31. The highest BCUT2D eigenvalue weighted by atomic mass is 79.9. The van der Waals surface area contributed by atoms with Crippen molar-refractivity contribution in [3.05, 3.63) is 353 Å². The van der Waals surface area contributed by atoms with Crippen molar-refractivity contribution < 1.29 is 79.8 Å². The van der Waals surface area contributed by atoms with Crippen LogP contribution in [0.1, 0.15) is 118 Å². The second-order valence-electron chi connectivity index (χ2n) is 31.4. The molecule has 0 saturated carbocycles. The molecule has 0 spiro atoms. The zero-order valence-electron chi connectivity index (χ0n) is 65.0. The van der Waals surface area contributed by atoms with Crippen molar-refractivity contribution in [1.82, 2.24) is 14.9 Å². The van der Waals surface area contributed by atoms with E-state index in [9.17, 15) is 15.3 Å². The number of aromatic nitrogens is 3. The molecule has 0 aliphatic carbocycles. The van der Waals surface area contributed by atoms with Gasteiger partial charge in [-0.2, -0.15) is 9.83 Å². The van der Waals surface area contributed by atoms with Crippen LogP contribution in [0, 0.1) is 73.8 Å². The predicted octanol–water partition coefficient (Wildman–Crippen LogP) is 11.6. The number of aryl methyl sites for hydroxylation is 2. The van der Waals surface area contributed by atoms with Crippen molar-refractivity contribution in [2.45, 2.75) is 119 Å². The van der Waals surface area contributed by atoms with Gasteiger partial charge in [-0.1, -0.05) is 225 Å². The maximum absolute atomic E-state index is 12.2. The van der Waals surface area contributed by atoms with Gasteiger partial charge >= 0.3 is 0 Å².